The van der Waals surface area contributed by atoms with Gasteiger partial charge in [0.15, 0.2) is 6.04 Å². The van der Waals surface area contributed by atoms with Gasteiger partial charge in [-0.3, -0.25) is 4.79 Å². The number of amides is 1. The van der Waals surface area contributed by atoms with Crippen LogP contribution in [0.5, 0.6) is 0 Å². The first kappa shape index (κ1) is 16.9. The normalized spacial score (nSPS) is 12.8. The Kier molecular flexibility index (Phi) is 5.25. The van der Waals surface area contributed by atoms with Gasteiger partial charge in [-0.2, -0.15) is 13.2 Å². The van der Waals surface area contributed by atoms with Crippen molar-refractivity contribution < 1.29 is 32.6 Å². The Bertz CT molecular complexity index is 546. The Morgan fingerprint density at radius 1 is 1.43 bits per heavy atom. The van der Waals surface area contributed by atoms with Gasteiger partial charge in [-0.1, -0.05) is 0 Å². The van der Waals surface area contributed by atoms with E-state index < -0.39 is 29.8 Å². The first-order valence-electron chi connectivity index (χ1n) is 5.74. The molecule has 0 aliphatic rings. The molecule has 1 rings (SSSR count). The molecule has 0 aliphatic heterocycles. The maximum absolute atomic E-state index is 12.5. The van der Waals surface area contributed by atoms with E-state index in [1.807, 2.05) is 0 Å². The lowest BCUT2D eigenvalue weighted by Gasteiger charge is -2.15. The van der Waals surface area contributed by atoms with E-state index in [0.29, 0.717) is 6.07 Å². The first-order valence-corrected chi connectivity index (χ1v) is 5.74. The van der Waals surface area contributed by atoms with Crippen molar-refractivity contribution in [3.8, 4) is 0 Å². The van der Waals surface area contributed by atoms with E-state index in [1.54, 1.807) is 0 Å². The molecule has 1 heterocycles. The first-order chi connectivity index (χ1) is 9.66. The number of carboxylic acid groups (broad SMARTS) is 1. The van der Waals surface area contributed by atoms with E-state index in [2.05, 4.69) is 15.0 Å². The molecule has 1 aromatic rings. The van der Waals surface area contributed by atoms with Crippen molar-refractivity contribution in [3.63, 3.8) is 0 Å². The van der Waals surface area contributed by atoms with Gasteiger partial charge in [-0.25, -0.2) is 9.78 Å². The number of ether oxygens (including phenoxy) is 1. The van der Waals surface area contributed by atoms with Crippen LogP contribution in [0.25, 0.3) is 0 Å². The predicted molar refractivity (Wildman–Crippen MR) is 64.7 cm³/mol. The molecule has 0 saturated heterocycles. The second kappa shape index (κ2) is 6.53. The number of aliphatic carboxylic acids is 1. The molecule has 0 bridgehead atoms. The number of aromatic nitrogens is 1. The van der Waals surface area contributed by atoms with E-state index in [0.717, 1.165) is 6.07 Å². The molecule has 2 N–H and O–H groups in total. The Balaban J connectivity index is 2.95. The molecule has 1 aromatic heterocycles. The summed E-state index contributed by atoms with van der Waals surface area (Å²) in [5.41, 5.74) is -1.41. The number of aryl methyl sites for hydroxylation is 1. The van der Waals surface area contributed by atoms with Crippen LogP contribution in [-0.2, 0) is 15.7 Å². The van der Waals surface area contributed by atoms with Crippen LogP contribution < -0.4 is 5.32 Å². The summed E-state index contributed by atoms with van der Waals surface area (Å²) in [5, 5.41) is 11.0. The summed E-state index contributed by atoms with van der Waals surface area (Å²) in [6, 6.07) is 0.310. The molecule has 1 atom stereocenters. The van der Waals surface area contributed by atoms with Crippen molar-refractivity contribution >= 4 is 11.9 Å². The SMILES string of the molecule is COCC(NC(=O)c1ccc(C(F)(F)F)nc1C)C(=O)O. The quantitative estimate of drug-likeness (QED) is 0.854. The van der Waals surface area contributed by atoms with Crippen molar-refractivity contribution in [2.24, 2.45) is 0 Å². The zero-order chi connectivity index (χ0) is 16.2. The molecule has 1 amide bonds. The zero-order valence-corrected chi connectivity index (χ0v) is 11.2. The van der Waals surface area contributed by atoms with Crippen molar-refractivity contribution in [2.45, 2.75) is 19.1 Å². The highest BCUT2D eigenvalue weighted by atomic mass is 19.4. The highest BCUT2D eigenvalue weighted by Gasteiger charge is 2.33. The second-order valence-electron chi connectivity index (χ2n) is 4.15. The van der Waals surface area contributed by atoms with Gasteiger partial charge >= 0.3 is 12.1 Å². The Morgan fingerprint density at radius 2 is 2.05 bits per heavy atom. The van der Waals surface area contributed by atoms with Gasteiger partial charge in [-0.15, -0.1) is 0 Å². The molecule has 0 spiro atoms. The second-order valence-corrected chi connectivity index (χ2v) is 4.15. The van der Waals surface area contributed by atoms with Crippen LogP contribution in [0.3, 0.4) is 0 Å². The monoisotopic (exact) mass is 306 g/mol. The molecule has 1 unspecified atom stereocenters. The number of hydrogen-bond acceptors (Lipinski definition) is 4. The molecule has 0 fully saturated rings. The van der Waals surface area contributed by atoms with Crippen molar-refractivity contribution in [1.82, 2.24) is 10.3 Å². The molecular formula is C12H13F3N2O4. The van der Waals surface area contributed by atoms with Gasteiger partial charge in [0.05, 0.1) is 17.9 Å². The van der Waals surface area contributed by atoms with Crippen molar-refractivity contribution in [2.75, 3.05) is 13.7 Å². The summed E-state index contributed by atoms with van der Waals surface area (Å²) < 4.78 is 42.0. The number of pyridine rings is 1. The minimum Gasteiger partial charge on any atom is -0.480 e. The standard InChI is InChI=1S/C12H13F3N2O4/c1-6-7(3-4-9(16-6)12(13,14)15)10(18)17-8(5-21-2)11(19)20/h3-4,8H,5H2,1-2H3,(H,17,18)(H,19,20). The van der Waals surface area contributed by atoms with E-state index >= 15 is 0 Å². The number of halogens is 3. The van der Waals surface area contributed by atoms with Crippen LogP contribution in [0.1, 0.15) is 21.7 Å². The van der Waals surface area contributed by atoms with E-state index in [9.17, 15) is 22.8 Å². The predicted octanol–water partition coefficient (Wildman–Crippen LogP) is 1.24. The molecular weight excluding hydrogens is 293 g/mol. The summed E-state index contributed by atoms with van der Waals surface area (Å²) in [6.07, 6.45) is -4.61. The van der Waals surface area contributed by atoms with Gasteiger partial charge in [0, 0.05) is 7.11 Å². The average molecular weight is 306 g/mol. The van der Waals surface area contributed by atoms with Crippen LogP contribution >= 0.6 is 0 Å². The largest absolute Gasteiger partial charge is 0.480 e. The number of rotatable bonds is 5. The number of nitrogens with one attached hydrogen (secondary N) is 1. The number of hydrogen-bond donors (Lipinski definition) is 2. The number of methoxy groups -OCH3 is 1. The van der Waals surface area contributed by atoms with Crippen LogP contribution in [0.15, 0.2) is 12.1 Å². The summed E-state index contributed by atoms with van der Waals surface area (Å²) in [6.45, 7) is 0.963. The molecule has 9 heteroatoms. The van der Waals surface area contributed by atoms with Gasteiger partial charge in [0.2, 0.25) is 0 Å². The topological polar surface area (TPSA) is 88.5 Å². The van der Waals surface area contributed by atoms with Gasteiger partial charge in [0.25, 0.3) is 5.91 Å². The van der Waals surface area contributed by atoms with Gasteiger partial charge in [-0.05, 0) is 19.1 Å². The van der Waals surface area contributed by atoms with E-state index in [-0.39, 0.29) is 17.9 Å². The van der Waals surface area contributed by atoms with E-state index in [1.165, 1.54) is 14.0 Å². The third-order valence-electron chi connectivity index (χ3n) is 2.56. The maximum atomic E-state index is 12.5. The fourth-order valence-electron chi connectivity index (χ4n) is 1.54. The number of nitrogens with zero attached hydrogens (tertiary/aromatic N) is 1. The van der Waals surface area contributed by atoms with E-state index in [4.69, 9.17) is 5.11 Å². The van der Waals surface area contributed by atoms with Crippen LogP contribution in [0.4, 0.5) is 13.2 Å². The lowest BCUT2D eigenvalue weighted by Crippen LogP contribution is -2.44. The number of alkyl halides is 3. The molecule has 0 aromatic carbocycles. The van der Waals surface area contributed by atoms with Crippen LogP contribution in [0.2, 0.25) is 0 Å². The molecule has 0 aliphatic carbocycles. The summed E-state index contributed by atoms with van der Waals surface area (Å²) >= 11 is 0. The maximum Gasteiger partial charge on any atom is 0.433 e. The molecule has 21 heavy (non-hydrogen) atoms. The molecule has 0 radical (unpaired) electrons. The number of carbonyl (C=O) groups is 2. The Labute approximate surface area is 117 Å². The lowest BCUT2D eigenvalue weighted by molar-refractivity contribution is -0.141. The molecule has 0 saturated carbocycles. The summed E-state index contributed by atoms with van der Waals surface area (Å²) in [5.74, 6) is -2.15. The zero-order valence-electron chi connectivity index (χ0n) is 11.2. The summed E-state index contributed by atoms with van der Waals surface area (Å²) in [4.78, 5) is 26.0. The van der Waals surface area contributed by atoms with Crippen LogP contribution in [0, 0.1) is 6.92 Å². The molecule has 6 nitrogen and oxygen atoms in total. The minimum atomic E-state index is -4.61. The highest BCUT2D eigenvalue weighted by molar-refractivity contribution is 5.97. The third-order valence-corrected chi connectivity index (χ3v) is 2.56. The van der Waals surface area contributed by atoms with Gasteiger partial charge < -0.3 is 15.2 Å². The average Bonchev–Trinajstić information content (AvgIpc) is 2.36. The fourth-order valence-corrected chi connectivity index (χ4v) is 1.54. The smallest absolute Gasteiger partial charge is 0.433 e. The lowest BCUT2D eigenvalue weighted by atomic mass is 10.1. The number of carboxylic acids is 1. The summed E-state index contributed by atoms with van der Waals surface area (Å²) in [7, 11) is 1.26. The van der Waals surface area contributed by atoms with Crippen molar-refractivity contribution in [1.29, 1.82) is 0 Å². The number of carbonyl (C=O) groups excluding carboxylic acids is 1. The Hall–Kier alpha value is -2.16. The van der Waals surface area contributed by atoms with Crippen LogP contribution in [-0.4, -0.2) is 41.7 Å². The molecule has 116 valence electrons. The third kappa shape index (κ3) is 4.42. The minimum absolute atomic E-state index is 0.134. The highest BCUT2D eigenvalue weighted by Crippen LogP contribution is 2.28. The Morgan fingerprint density at radius 3 is 2.48 bits per heavy atom. The van der Waals surface area contributed by atoms with Gasteiger partial charge in [0.1, 0.15) is 5.69 Å². The van der Waals surface area contributed by atoms with Crippen molar-refractivity contribution in [3.05, 3.63) is 29.1 Å². The fraction of sp³-hybridized carbons (Fsp3) is 0.417.